The number of amides is 1. The van der Waals surface area contributed by atoms with Gasteiger partial charge >= 0.3 is 0 Å². The van der Waals surface area contributed by atoms with Crippen LogP contribution in [0.15, 0.2) is 65.6 Å². The first-order chi connectivity index (χ1) is 21.0. The van der Waals surface area contributed by atoms with Crippen molar-refractivity contribution in [3.63, 3.8) is 0 Å². The highest BCUT2D eigenvalue weighted by Gasteiger charge is 2.35. The number of benzene rings is 3. The molecular formula is C35H45Cl2FN2O4S. The summed E-state index contributed by atoms with van der Waals surface area (Å²) in [4.78, 5) is 13.1. The van der Waals surface area contributed by atoms with Gasteiger partial charge in [-0.1, -0.05) is 76.9 Å². The summed E-state index contributed by atoms with van der Waals surface area (Å²) in [5, 5.41) is 3.27. The zero-order valence-corrected chi connectivity index (χ0v) is 29.5. The van der Waals surface area contributed by atoms with Gasteiger partial charge < -0.3 is 10.1 Å². The molecule has 3 rings (SSSR count). The van der Waals surface area contributed by atoms with Crippen molar-refractivity contribution in [2.45, 2.75) is 95.9 Å². The van der Waals surface area contributed by atoms with Crippen molar-refractivity contribution in [3.05, 3.63) is 87.7 Å². The highest BCUT2D eigenvalue weighted by atomic mass is 35.5. The molecule has 45 heavy (non-hydrogen) atoms. The van der Waals surface area contributed by atoms with Gasteiger partial charge in [-0.3, -0.25) is 9.10 Å². The van der Waals surface area contributed by atoms with Crippen LogP contribution in [0.5, 0.6) is 5.75 Å². The van der Waals surface area contributed by atoms with Crippen LogP contribution in [0.3, 0.4) is 0 Å². The maximum atomic E-state index is 15.0. The molecule has 0 aliphatic heterocycles. The Morgan fingerprint density at radius 2 is 1.53 bits per heavy atom. The van der Waals surface area contributed by atoms with Gasteiger partial charge in [0.1, 0.15) is 17.6 Å². The molecule has 1 atom stereocenters. The standard InChI is InChI=1S/C35H45Cl2FN2O4S/c1-8-34(4,5)25-12-19-32(29(22-25)35(6,7)9-2)44-21-11-10-20-39-33(41)24(3)40(31-23-27(37)15-18-30(31)38)45(42,43)28-16-13-26(36)14-17-28/h12-19,22-24H,8-11,20-21H2,1-7H3,(H,39,41). The highest BCUT2D eigenvalue weighted by molar-refractivity contribution is 7.93. The molecule has 0 bridgehead atoms. The van der Waals surface area contributed by atoms with E-state index in [-0.39, 0.29) is 33.0 Å². The van der Waals surface area contributed by atoms with E-state index in [2.05, 4.69) is 65.1 Å². The Balaban J connectivity index is 1.68. The highest BCUT2D eigenvalue weighted by Crippen LogP contribution is 2.38. The lowest BCUT2D eigenvalue weighted by molar-refractivity contribution is -0.121. The van der Waals surface area contributed by atoms with E-state index < -0.39 is 27.8 Å². The van der Waals surface area contributed by atoms with Gasteiger partial charge in [-0.05, 0) is 97.5 Å². The Kier molecular flexibility index (Phi) is 12.4. The Hall–Kier alpha value is -2.81. The summed E-state index contributed by atoms with van der Waals surface area (Å²) in [5.74, 6) is -0.540. The number of carbonyl (C=O) groups is 1. The second-order valence-corrected chi connectivity index (χ2v) is 15.2. The topological polar surface area (TPSA) is 75.7 Å². The van der Waals surface area contributed by atoms with Crippen LogP contribution < -0.4 is 14.4 Å². The van der Waals surface area contributed by atoms with Gasteiger partial charge in [0, 0.05) is 22.2 Å². The fraction of sp³-hybridized carbons (Fsp3) is 0.457. The van der Waals surface area contributed by atoms with E-state index in [0.29, 0.717) is 24.5 Å². The number of carbonyl (C=O) groups excluding carboxylic acids is 1. The van der Waals surface area contributed by atoms with Gasteiger partial charge in [-0.25, -0.2) is 12.8 Å². The van der Waals surface area contributed by atoms with Crippen LogP contribution in [0.1, 0.15) is 85.3 Å². The summed E-state index contributed by atoms with van der Waals surface area (Å²) in [6, 6.07) is 14.2. The third-order valence-corrected chi connectivity index (χ3v) is 11.0. The van der Waals surface area contributed by atoms with Gasteiger partial charge in [0.05, 0.1) is 17.2 Å². The summed E-state index contributed by atoms with van der Waals surface area (Å²) in [6.07, 6.45) is 3.26. The lowest BCUT2D eigenvalue weighted by Crippen LogP contribution is -2.48. The third kappa shape index (κ3) is 8.93. The molecule has 6 nitrogen and oxygen atoms in total. The van der Waals surface area contributed by atoms with Crippen molar-refractivity contribution >= 4 is 44.8 Å². The Labute approximate surface area is 278 Å². The first-order valence-electron chi connectivity index (χ1n) is 15.4. The van der Waals surface area contributed by atoms with Crippen LogP contribution in [0.4, 0.5) is 10.1 Å². The maximum Gasteiger partial charge on any atom is 0.265 e. The first kappa shape index (κ1) is 36.7. The zero-order chi connectivity index (χ0) is 33.6. The number of nitrogens with zero attached hydrogens (tertiary/aromatic N) is 1. The molecule has 10 heteroatoms. The third-order valence-electron chi connectivity index (χ3n) is 8.63. The lowest BCUT2D eigenvalue weighted by Gasteiger charge is -2.30. The van der Waals surface area contributed by atoms with Crippen LogP contribution in [-0.2, 0) is 25.6 Å². The predicted molar refractivity (Wildman–Crippen MR) is 183 cm³/mol. The number of sulfonamides is 1. The second-order valence-electron chi connectivity index (χ2n) is 12.6. The number of rotatable bonds is 15. The van der Waals surface area contributed by atoms with Gasteiger partial charge in [-0.15, -0.1) is 0 Å². The number of nitrogens with one attached hydrogen (secondary N) is 1. The SMILES string of the molecule is CCC(C)(C)c1ccc(OCCCCNC(=O)C(C)N(c2cc(Cl)ccc2F)S(=O)(=O)c2ccc(Cl)cc2)c(C(C)(C)CC)c1. The normalized spacial score (nSPS) is 12.9. The summed E-state index contributed by atoms with van der Waals surface area (Å²) in [6.45, 7) is 15.5. The van der Waals surface area contributed by atoms with Crippen LogP contribution >= 0.6 is 23.2 Å². The average molecular weight is 680 g/mol. The van der Waals surface area contributed by atoms with Gasteiger partial charge in [0.25, 0.3) is 10.0 Å². The monoisotopic (exact) mass is 678 g/mol. The van der Waals surface area contributed by atoms with E-state index in [1.165, 1.54) is 54.4 Å². The van der Waals surface area contributed by atoms with Gasteiger partial charge in [-0.2, -0.15) is 0 Å². The molecule has 0 saturated heterocycles. The molecule has 246 valence electrons. The number of hydrogen-bond acceptors (Lipinski definition) is 4. The molecule has 3 aromatic carbocycles. The molecular weight excluding hydrogens is 634 g/mol. The second kappa shape index (κ2) is 15.2. The largest absolute Gasteiger partial charge is 0.493 e. The average Bonchev–Trinajstić information content (AvgIpc) is 3.00. The van der Waals surface area contributed by atoms with Crippen molar-refractivity contribution in [3.8, 4) is 5.75 Å². The number of hydrogen-bond donors (Lipinski definition) is 1. The number of ether oxygens (including phenoxy) is 1. The summed E-state index contributed by atoms with van der Waals surface area (Å²) >= 11 is 12.0. The lowest BCUT2D eigenvalue weighted by atomic mass is 9.76. The maximum absolute atomic E-state index is 15.0. The van der Waals surface area contributed by atoms with Crippen molar-refractivity contribution < 1.29 is 22.3 Å². The van der Waals surface area contributed by atoms with Crippen LogP contribution in [0.25, 0.3) is 0 Å². The van der Waals surface area contributed by atoms with Gasteiger partial charge in [0.2, 0.25) is 5.91 Å². The minimum absolute atomic E-state index is 0.0556. The smallest absolute Gasteiger partial charge is 0.265 e. The van der Waals surface area contributed by atoms with Crippen molar-refractivity contribution in [1.29, 1.82) is 0 Å². The van der Waals surface area contributed by atoms with E-state index in [1.807, 2.05) is 0 Å². The molecule has 0 aliphatic rings. The summed E-state index contributed by atoms with van der Waals surface area (Å²) < 4.78 is 49.4. The number of anilines is 1. The van der Waals surface area contributed by atoms with E-state index in [4.69, 9.17) is 27.9 Å². The molecule has 0 aromatic heterocycles. The Morgan fingerprint density at radius 3 is 2.16 bits per heavy atom. The molecule has 0 heterocycles. The first-order valence-corrected chi connectivity index (χ1v) is 17.6. The van der Waals surface area contributed by atoms with Crippen LogP contribution in [0.2, 0.25) is 10.0 Å². The van der Waals surface area contributed by atoms with E-state index in [0.717, 1.165) is 29.0 Å². The molecule has 0 fully saturated rings. The van der Waals surface area contributed by atoms with Gasteiger partial charge in [0.15, 0.2) is 0 Å². The van der Waals surface area contributed by atoms with E-state index in [9.17, 15) is 17.6 Å². The Morgan fingerprint density at radius 1 is 0.911 bits per heavy atom. The number of unbranched alkanes of at least 4 members (excludes halogenated alkanes) is 1. The summed E-state index contributed by atoms with van der Waals surface area (Å²) in [7, 11) is -4.36. The van der Waals surface area contributed by atoms with E-state index in [1.54, 1.807) is 0 Å². The van der Waals surface area contributed by atoms with Crippen LogP contribution in [-0.4, -0.2) is 33.5 Å². The zero-order valence-electron chi connectivity index (χ0n) is 27.2. The molecule has 0 saturated carbocycles. The fourth-order valence-corrected chi connectivity index (χ4v) is 6.71. The molecule has 3 aromatic rings. The molecule has 0 spiro atoms. The fourth-order valence-electron chi connectivity index (χ4n) is 4.80. The number of halogens is 3. The molecule has 1 amide bonds. The Bertz CT molecular complexity index is 1580. The molecule has 0 radical (unpaired) electrons. The molecule has 1 unspecified atom stereocenters. The van der Waals surface area contributed by atoms with Crippen molar-refractivity contribution in [2.24, 2.45) is 0 Å². The van der Waals surface area contributed by atoms with Crippen LogP contribution in [0, 0.1) is 5.82 Å². The van der Waals surface area contributed by atoms with Crippen molar-refractivity contribution in [2.75, 3.05) is 17.5 Å². The van der Waals surface area contributed by atoms with E-state index >= 15 is 0 Å². The van der Waals surface area contributed by atoms with Crippen molar-refractivity contribution in [1.82, 2.24) is 5.32 Å². The minimum Gasteiger partial charge on any atom is -0.493 e. The quantitative estimate of drug-likeness (QED) is 0.163. The molecule has 0 aliphatic carbocycles. The minimum atomic E-state index is -4.36. The predicted octanol–water partition coefficient (Wildman–Crippen LogP) is 9.07. The molecule has 1 N–H and O–H groups in total. The summed E-state index contributed by atoms with van der Waals surface area (Å²) in [5.41, 5.74) is 2.15.